The van der Waals surface area contributed by atoms with Gasteiger partial charge in [0.1, 0.15) is 5.52 Å². The standard InChI is InChI=1S/C26H30N4O3/c31-23-11-13-26(28-23,19-20-7-2-1-3-8-20)14-12-24(32)29-15-6-16-30(18-17-29)25-27-21-9-4-5-10-22(21)33-25/h1-5,7-10H,6,11-19H2,(H,28,31). The van der Waals surface area contributed by atoms with Gasteiger partial charge in [-0.2, -0.15) is 4.98 Å². The lowest BCUT2D eigenvalue weighted by Crippen LogP contribution is -2.45. The minimum atomic E-state index is -0.329. The molecule has 2 amide bonds. The average molecular weight is 447 g/mol. The molecule has 172 valence electrons. The molecule has 0 aliphatic carbocycles. The van der Waals surface area contributed by atoms with Gasteiger partial charge in [0, 0.05) is 44.6 Å². The van der Waals surface area contributed by atoms with Crippen LogP contribution in [0.15, 0.2) is 59.0 Å². The van der Waals surface area contributed by atoms with E-state index in [0.717, 1.165) is 43.5 Å². The number of nitrogens with one attached hydrogen (secondary N) is 1. The van der Waals surface area contributed by atoms with Gasteiger partial charge in [-0.05, 0) is 43.4 Å². The highest BCUT2D eigenvalue weighted by molar-refractivity contribution is 5.80. The van der Waals surface area contributed by atoms with Gasteiger partial charge >= 0.3 is 0 Å². The van der Waals surface area contributed by atoms with Crippen LogP contribution in [0.1, 0.15) is 37.7 Å². The van der Waals surface area contributed by atoms with Crippen LogP contribution < -0.4 is 10.2 Å². The third-order valence-electron chi connectivity index (χ3n) is 6.84. The fourth-order valence-corrected chi connectivity index (χ4v) is 5.03. The van der Waals surface area contributed by atoms with Crippen molar-refractivity contribution in [2.45, 2.75) is 44.1 Å². The number of hydrogen-bond acceptors (Lipinski definition) is 5. The lowest BCUT2D eigenvalue weighted by atomic mass is 9.85. The molecule has 7 nitrogen and oxygen atoms in total. The number of anilines is 1. The molecule has 2 saturated heterocycles. The highest BCUT2D eigenvalue weighted by atomic mass is 16.4. The molecule has 0 radical (unpaired) electrons. The summed E-state index contributed by atoms with van der Waals surface area (Å²) in [4.78, 5) is 33.9. The lowest BCUT2D eigenvalue weighted by molar-refractivity contribution is -0.131. The number of hydrogen-bond donors (Lipinski definition) is 1. The number of carbonyl (C=O) groups excluding carboxylic acids is 2. The van der Waals surface area contributed by atoms with Crippen molar-refractivity contribution in [3.63, 3.8) is 0 Å². The van der Waals surface area contributed by atoms with Gasteiger partial charge in [0.2, 0.25) is 11.8 Å². The molecule has 2 aliphatic rings. The molecule has 5 rings (SSSR count). The number of carbonyl (C=O) groups is 2. The second-order valence-corrected chi connectivity index (χ2v) is 9.18. The summed E-state index contributed by atoms with van der Waals surface area (Å²) in [5.74, 6) is 0.241. The first-order chi connectivity index (χ1) is 16.1. The van der Waals surface area contributed by atoms with E-state index in [-0.39, 0.29) is 17.4 Å². The van der Waals surface area contributed by atoms with E-state index < -0.39 is 0 Å². The molecule has 0 spiro atoms. The first-order valence-corrected chi connectivity index (χ1v) is 11.8. The smallest absolute Gasteiger partial charge is 0.298 e. The molecule has 0 saturated carbocycles. The number of fused-ring (bicyclic) bond motifs is 1. The number of benzene rings is 2. The van der Waals surface area contributed by atoms with Crippen LogP contribution in [0.4, 0.5) is 6.01 Å². The van der Waals surface area contributed by atoms with E-state index in [1.165, 1.54) is 5.56 Å². The van der Waals surface area contributed by atoms with Crippen LogP contribution in [0.2, 0.25) is 0 Å². The van der Waals surface area contributed by atoms with Crippen molar-refractivity contribution in [1.82, 2.24) is 15.2 Å². The van der Waals surface area contributed by atoms with E-state index in [1.807, 2.05) is 47.4 Å². The molecule has 1 atom stereocenters. The highest BCUT2D eigenvalue weighted by Crippen LogP contribution is 2.30. The fraction of sp³-hybridized carbons (Fsp3) is 0.423. The zero-order chi connectivity index (χ0) is 22.7. The SMILES string of the molecule is O=C1CCC(CCC(=O)N2CCCN(c3nc4ccccc4o3)CC2)(Cc2ccccc2)N1. The number of oxazole rings is 1. The molecule has 3 aromatic rings. The van der Waals surface area contributed by atoms with E-state index >= 15 is 0 Å². The van der Waals surface area contributed by atoms with Crippen molar-refractivity contribution < 1.29 is 14.0 Å². The summed E-state index contributed by atoms with van der Waals surface area (Å²) in [6.07, 6.45) is 4.05. The van der Waals surface area contributed by atoms with Gasteiger partial charge in [-0.1, -0.05) is 42.5 Å². The van der Waals surface area contributed by atoms with Crippen LogP contribution in [0.25, 0.3) is 11.1 Å². The van der Waals surface area contributed by atoms with Crippen LogP contribution in [0, 0.1) is 0 Å². The number of rotatable bonds is 6. The van der Waals surface area contributed by atoms with Gasteiger partial charge in [-0.25, -0.2) is 0 Å². The monoisotopic (exact) mass is 446 g/mol. The quantitative estimate of drug-likeness (QED) is 0.627. The molecule has 2 fully saturated rings. The normalized spacial score (nSPS) is 21.3. The van der Waals surface area contributed by atoms with Crippen molar-refractivity contribution >= 4 is 28.9 Å². The molecular weight excluding hydrogens is 416 g/mol. The maximum Gasteiger partial charge on any atom is 0.298 e. The topological polar surface area (TPSA) is 78.7 Å². The van der Waals surface area contributed by atoms with Crippen molar-refractivity contribution in [2.24, 2.45) is 0 Å². The van der Waals surface area contributed by atoms with Crippen LogP contribution >= 0.6 is 0 Å². The zero-order valence-corrected chi connectivity index (χ0v) is 18.8. The summed E-state index contributed by atoms with van der Waals surface area (Å²) >= 11 is 0. The molecule has 33 heavy (non-hydrogen) atoms. The summed E-state index contributed by atoms with van der Waals surface area (Å²) in [6.45, 7) is 2.89. The van der Waals surface area contributed by atoms with Gasteiger partial charge in [0.15, 0.2) is 5.58 Å². The molecular formula is C26H30N4O3. The van der Waals surface area contributed by atoms with E-state index in [0.29, 0.717) is 38.4 Å². The van der Waals surface area contributed by atoms with Crippen LogP contribution in [-0.4, -0.2) is 53.4 Å². The molecule has 2 aromatic carbocycles. The number of nitrogens with zero attached hydrogens (tertiary/aromatic N) is 3. The summed E-state index contributed by atoms with van der Waals surface area (Å²) in [5, 5.41) is 3.19. The lowest BCUT2D eigenvalue weighted by Gasteiger charge is -2.30. The van der Waals surface area contributed by atoms with E-state index in [4.69, 9.17) is 4.42 Å². The predicted molar refractivity (Wildman–Crippen MR) is 127 cm³/mol. The van der Waals surface area contributed by atoms with Gasteiger partial charge < -0.3 is 19.5 Å². The van der Waals surface area contributed by atoms with Crippen LogP contribution in [0.5, 0.6) is 0 Å². The maximum atomic E-state index is 13.1. The van der Waals surface area contributed by atoms with Gasteiger partial charge in [-0.3, -0.25) is 9.59 Å². The second kappa shape index (κ2) is 9.25. The molecule has 7 heteroatoms. The Morgan fingerprint density at radius 3 is 2.64 bits per heavy atom. The van der Waals surface area contributed by atoms with Crippen LogP contribution in [-0.2, 0) is 16.0 Å². The largest absolute Gasteiger partial charge is 0.423 e. The summed E-state index contributed by atoms with van der Waals surface area (Å²) in [7, 11) is 0. The Labute approximate surface area is 193 Å². The number of amides is 2. The third kappa shape index (κ3) is 4.87. The summed E-state index contributed by atoms with van der Waals surface area (Å²) in [6, 6.07) is 18.6. The molecule has 0 bridgehead atoms. The Kier molecular flexibility index (Phi) is 6.03. The first kappa shape index (κ1) is 21.5. The Morgan fingerprint density at radius 1 is 1.03 bits per heavy atom. The molecule has 1 unspecified atom stereocenters. The Morgan fingerprint density at radius 2 is 1.85 bits per heavy atom. The minimum absolute atomic E-state index is 0.0853. The fourth-order valence-electron chi connectivity index (χ4n) is 5.03. The van der Waals surface area contributed by atoms with Gasteiger partial charge in [-0.15, -0.1) is 0 Å². The van der Waals surface area contributed by atoms with E-state index in [9.17, 15) is 9.59 Å². The molecule has 3 heterocycles. The Balaban J connectivity index is 1.20. The summed E-state index contributed by atoms with van der Waals surface area (Å²) in [5.41, 5.74) is 2.50. The zero-order valence-electron chi connectivity index (χ0n) is 18.8. The Hall–Kier alpha value is -3.35. The molecule has 1 N–H and O–H groups in total. The predicted octanol–water partition coefficient (Wildman–Crippen LogP) is 3.54. The second-order valence-electron chi connectivity index (χ2n) is 9.18. The van der Waals surface area contributed by atoms with E-state index in [1.54, 1.807) is 0 Å². The van der Waals surface area contributed by atoms with Gasteiger partial charge in [0.05, 0.1) is 0 Å². The minimum Gasteiger partial charge on any atom is -0.423 e. The Bertz CT molecular complexity index is 1100. The van der Waals surface area contributed by atoms with Crippen molar-refractivity contribution in [3.05, 3.63) is 60.2 Å². The average Bonchev–Trinajstić information content (AvgIpc) is 3.33. The number of para-hydroxylation sites is 2. The van der Waals surface area contributed by atoms with Gasteiger partial charge in [0.25, 0.3) is 6.01 Å². The molecule has 2 aliphatic heterocycles. The highest BCUT2D eigenvalue weighted by Gasteiger charge is 2.38. The van der Waals surface area contributed by atoms with Crippen LogP contribution in [0.3, 0.4) is 0 Å². The van der Waals surface area contributed by atoms with Crippen molar-refractivity contribution in [3.8, 4) is 0 Å². The van der Waals surface area contributed by atoms with E-state index in [2.05, 4.69) is 27.3 Å². The van der Waals surface area contributed by atoms with Crippen molar-refractivity contribution in [1.29, 1.82) is 0 Å². The van der Waals surface area contributed by atoms with Crippen molar-refractivity contribution in [2.75, 3.05) is 31.1 Å². The first-order valence-electron chi connectivity index (χ1n) is 11.8. The summed E-state index contributed by atoms with van der Waals surface area (Å²) < 4.78 is 5.92. The number of aromatic nitrogens is 1. The third-order valence-corrected chi connectivity index (χ3v) is 6.84. The molecule has 1 aromatic heterocycles. The maximum absolute atomic E-state index is 13.1.